The van der Waals surface area contributed by atoms with Crippen LogP contribution in [0.2, 0.25) is 0 Å². The second-order valence-electron chi connectivity index (χ2n) is 4.73. The van der Waals surface area contributed by atoms with Gasteiger partial charge in [0.1, 0.15) is 0 Å². The van der Waals surface area contributed by atoms with E-state index >= 15 is 0 Å². The molecule has 1 aromatic carbocycles. The second-order valence-corrected chi connectivity index (χ2v) is 5.81. The van der Waals surface area contributed by atoms with E-state index in [0.29, 0.717) is 12.1 Å². The zero-order valence-corrected chi connectivity index (χ0v) is 12.6. The van der Waals surface area contributed by atoms with Crippen molar-refractivity contribution in [3.63, 3.8) is 0 Å². The molecular formula is C15H25NOS. The highest BCUT2D eigenvalue weighted by atomic mass is 32.2. The predicted molar refractivity (Wildman–Crippen MR) is 81.2 cm³/mol. The van der Waals surface area contributed by atoms with Gasteiger partial charge in [-0.15, -0.1) is 0 Å². The molecule has 1 aromatic rings. The summed E-state index contributed by atoms with van der Waals surface area (Å²) < 4.78 is 0. The number of hydrogen-bond acceptors (Lipinski definition) is 3. The lowest BCUT2D eigenvalue weighted by Gasteiger charge is -2.25. The second kappa shape index (κ2) is 7.82. The van der Waals surface area contributed by atoms with Crippen LogP contribution in [-0.2, 0) is 6.42 Å². The standard InChI is InChI=1S/C15H25NOS/c1-5-13-6-8-14(9-7-13)11(2)16-12(3)15(10-17)18-4/h6-9,11-12,15-17H,5,10H2,1-4H3. The van der Waals surface area contributed by atoms with Crippen molar-refractivity contribution in [2.45, 2.75) is 44.5 Å². The average Bonchev–Trinajstić information content (AvgIpc) is 2.40. The Labute approximate surface area is 115 Å². The van der Waals surface area contributed by atoms with Gasteiger partial charge in [0.15, 0.2) is 0 Å². The van der Waals surface area contributed by atoms with Crippen LogP contribution in [0.1, 0.15) is 37.9 Å². The summed E-state index contributed by atoms with van der Waals surface area (Å²) in [6.45, 7) is 6.69. The van der Waals surface area contributed by atoms with Crippen molar-refractivity contribution in [3.8, 4) is 0 Å². The molecule has 2 N–H and O–H groups in total. The molecule has 3 unspecified atom stereocenters. The number of hydrogen-bond donors (Lipinski definition) is 2. The number of benzene rings is 1. The number of nitrogens with one attached hydrogen (secondary N) is 1. The van der Waals surface area contributed by atoms with E-state index in [4.69, 9.17) is 0 Å². The molecule has 102 valence electrons. The fraction of sp³-hybridized carbons (Fsp3) is 0.600. The Morgan fingerprint density at radius 1 is 1.22 bits per heavy atom. The first-order chi connectivity index (χ1) is 8.62. The van der Waals surface area contributed by atoms with Crippen molar-refractivity contribution >= 4 is 11.8 Å². The Bertz CT molecular complexity index is 335. The number of aliphatic hydroxyl groups is 1. The quantitative estimate of drug-likeness (QED) is 0.796. The summed E-state index contributed by atoms with van der Waals surface area (Å²) in [5.41, 5.74) is 2.67. The molecule has 0 fully saturated rings. The average molecular weight is 267 g/mol. The maximum absolute atomic E-state index is 9.29. The highest BCUT2D eigenvalue weighted by molar-refractivity contribution is 7.99. The van der Waals surface area contributed by atoms with Gasteiger partial charge in [0, 0.05) is 17.3 Å². The number of thioether (sulfide) groups is 1. The molecule has 0 amide bonds. The van der Waals surface area contributed by atoms with Crippen LogP contribution in [-0.4, -0.2) is 29.3 Å². The molecule has 0 aliphatic carbocycles. The maximum Gasteiger partial charge on any atom is 0.0564 e. The monoisotopic (exact) mass is 267 g/mol. The van der Waals surface area contributed by atoms with E-state index in [0.717, 1.165) is 6.42 Å². The zero-order chi connectivity index (χ0) is 13.5. The Morgan fingerprint density at radius 2 is 1.83 bits per heavy atom. The van der Waals surface area contributed by atoms with Gasteiger partial charge in [0.2, 0.25) is 0 Å². The lowest BCUT2D eigenvalue weighted by Crippen LogP contribution is -2.38. The van der Waals surface area contributed by atoms with Crippen molar-refractivity contribution in [1.82, 2.24) is 5.32 Å². The highest BCUT2D eigenvalue weighted by Crippen LogP contribution is 2.17. The van der Waals surface area contributed by atoms with E-state index in [-0.39, 0.29) is 11.9 Å². The summed E-state index contributed by atoms with van der Waals surface area (Å²) in [7, 11) is 0. The van der Waals surface area contributed by atoms with Gasteiger partial charge in [-0.05, 0) is 37.7 Å². The first-order valence-electron chi connectivity index (χ1n) is 6.60. The van der Waals surface area contributed by atoms with Crippen molar-refractivity contribution < 1.29 is 5.11 Å². The van der Waals surface area contributed by atoms with E-state index in [9.17, 15) is 5.11 Å². The Kier molecular flexibility index (Phi) is 6.76. The van der Waals surface area contributed by atoms with Crippen LogP contribution < -0.4 is 5.32 Å². The number of aryl methyl sites for hydroxylation is 1. The van der Waals surface area contributed by atoms with E-state index in [1.165, 1.54) is 11.1 Å². The summed E-state index contributed by atoms with van der Waals surface area (Å²) in [6, 6.07) is 9.37. The van der Waals surface area contributed by atoms with Crippen LogP contribution in [0.15, 0.2) is 24.3 Å². The van der Waals surface area contributed by atoms with Gasteiger partial charge >= 0.3 is 0 Å². The summed E-state index contributed by atoms with van der Waals surface area (Å²) in [4.78, 5) is 0. The molecule has 3 heteroatoms. The molecule has 0 heterocycles. The summed E-state index contributed by atoms with van der Waals surface area (Å²) in [5, 5.41) is 13.1. The smallest absolute Gasteiger partial charge is 0.0564 e. The van der Waals surface area contributed by atoms with E-state index in [2.05, 4.69) is 50.4 Å². The van der Waals surface area contributed by atoms with Gasteiger partial charge in [0.25, 0.3) is 0 Å². The Hall–Kier alpha value is -0.510. The minimum atomic E-state index is 0.219. The fourth-order valence-electron chi connectivity index (χ4n) is 2.08. The summed E-state index contributed by atoms with van der Waals surface area (Å²) in [5.74, 6) is 0. The molecule has 0 saturated carbocycles. The molecule has 1 rings (SSSR count). The van der Waals surface area contributed by atoms with Crippen molar-refractivity contribution in [1.29, 1.82) is 0 Å². The SMILES string of the molecule is CCc1ccc(C(C)NC(C)C(CO)SC)cc1. The third-order valence-corrected chi connectivity index (χ3v) is 4.60. The summed E-state index contributed by atoms with van der Waals surface area (Å²) in [6.07, 6.45) is 3.12. The van der Waals surface area contributed by atoms with E-state index in [1.807, 2.05) is 6.26 Å². The number of rotatable bonds is 7. The van der Waals surface area contributed by atoms with Crippen LogP contribution >= 0.6 is 11.8 Å². The first-order valence-corrected chi connectivity index (χ1v) is 7.89. The molecule has 0 aliphatic rings. The normalized spacial score (nSPS) is 16.3. The van der Waals surface area contributed by atoms with Crippen molar-refractivity contribution in [2.75, 3.05) is 12.9 Å². The molecule has 0 aromatic heterocycles. The van der Waals surface area contributed by atoms with Crippen LogP contribution in [0.4, 0.5) is 0 Å². The van der Waals surface area contributed by atoms with Gasteiger partial charge in [-0.3, -0.25) is 0 Å². The van der Waals surface area contributed by atoms with Crippen LogP contribution in [0.25, 0.3) is 0 Å². The minimum Gasteiger partial charge on any atom is -0.395 e. The van der Waals surface area contributed by atoms with Crippen molar-refractivity contribution in [2.24, 2.45) is 0 Å². The molecule has 0 saturated heterocycles. The van der Waals surface area contributed by atoms with Gasteiger partial charge < -0.3 is 10.4 Å². The van der Waals surface area contributed by atoms with Gasteiger partial charge in [-0.2, -0.15) is 11.8 Å². The van der Waals surface area contributed by atoms with Crippen molar-refractivity contribution in [3.05, 3.63) is 35.4 Å². The topological polar surface area (TPSA) is 32.3 Å². The first kappa shape index (κ1) is 15.5. The molecule has 0 aliphatic heterocycles. The Balaban J connectivity index is 2.60. The van der Waals surface area contributed by atoms with Gasteiger partial charge in [-0.1, -0.05) is 31.2 Å². The van der Waals surface area contributed by atoms with Crippen LogP contribution in [0, 0.1) is 0 Å². The fourth-order valence-corrected chi connectivity index (χ4v) is 2.71. The zero-order valence-electron chi connectivity index (χ0n) is 11.8. The molecule has 2 nitrogen and oxygen atoms in total. The molecule has 0 spiro atoms. The molecule has 3 atom stereocenters. The largest absolute Gasteiger partial charge is 0.395 e. The highest BCUT2D eigenvalue weighted by Gasteiger charge is 2.17. The lowest BCUT2D eigenvalue weighted by molar-refractivity contribution is 0.272. The van der Waals surface area contributed by atoms with Crippen LogP contribution in [0.5, 0.6) is 0 Å². The molecular weight excluding hydrogens is 242 g/mol. The number of aliphatic hydroxyl groups excluding tert-OH is 1. The molecule has 0 bridgehead atoms. The van der Waals surface area contributed by atoms with Gasteiger partial charge in [0.05, 0.1) is 6.61 Å². The molecule has 0 radical (unpaired) electrons. The van der Waals surface area contributed by atoms with E-state index < -0.39 is 0 Å². The Morgan fingerprint density at radius 3 is 2.28 bits per heavy atom. The third-order valence-electron chi connectivity index (χ3n) is 3.44. The maximum atomic E-state index is 9.29. The van der Waals surface area contributed by atoms with E-state index in [1.54, 1.807) is 11.8 Å². The minimum absolute atomic E-state index is 0.219. The van der Waals surface area contributed by atoms with Gasteiger partial charge in [-0.25, -0.2) is 0 Å². The predicted octanol–water partition coefficient (Wildman–Crippen LogP) is 3.01. The lowest BCUT2D eigenvalue weighted by atomic mass is 10.0. The van der Waals surface area contributed by atoms with Crippen LogP contribution in [0.3, 0.4) is 0 Å². The molecule has 18 heavy (non-hydrogen) atoms. The summed E-state index contributed by atoms with van der Waals surface area (Å²) >= 11 is 1.71. The third kappa shape index (κ3) is 4.30.